The van der Waals surface area contributed by atoms with Crippen LogP contribution >= 0.6 is 11.8 Å². The van der Waals surface area contributed by atoms with Crippen LogP contribution in [0.5, 0.6) is 0 Å². The fourth-order valence-corrected chi connectivity index (χ4v) is 9.29. The van der Waals surface area contributed by atoms with Crippen molar-refractivity contribution < 1.29 is 29.6 Å². The van der Waals surface area contributed by atoms with Gasteiger partial charge in [-0.3, -0.25) is 10.1 Å². The molecule has 0 radical (unpaired) electrons. The van der Waals surface area contributed by atoms with Crippen LogP contribution in [0.25, 0.3) is 0 Å². The summed E-state index contributed by atoms with van der Waals surface area (Å²) >= 11 is 1.76. The van der Waals surface area contributed by atoms with Gasteiger partial charge in [0, 0.05) is 29.7 Å². The van der Waals surface area contributed by atoms with Gasteiger partial charge in [-0.05, 0) is 101 Å². The Balaban J connectivity index is 1.25. The van der Waals surface area contributed by atoms with Gasteiger partial charge in [0.2, 0.25) is 0 Å². The second kappa shape index (κ2) is 15.1. The number of rotatable bonds is 11. The summed E-state index contributed by atoms with van der Waals surface area (Å²) < 4.78 is 12.7. The molecule has 0 bridgehead atoms. The van der Waals surface area contributed by atoms with E-state index < -0.39 is 12.6 Å². The zero-order valence-electron chi connectivity index (χ0n) is 25.7. The number of ether oxygens (including phenoxy) is 2. The number of carbonyl (C=O) groups excluding carboxylic acids is 1. The molecule has 1 saturated heterocycles. The molecule has 5 rings (SSSR count). The molecule has 8 nitrogen and oxygen atoms in total. The van der Waals surface area contributed by atoms with E-state index in [1.807, 2.05) is 32.1 Å². The van der Waals surface area contributed by atoms with Crippen molar-refractivity contribution in [1.82, 2.24) is 5.32 Å². The highest BCUT2D eigenvalue weighted by atomic mass is 32.2. The van der Waals surface area contributed by atoms with Gasteiger partial charge in [-0.1, -0.05) is 19.9 Å². The van der Waals surface area contributed by atoms with Crippen LogP contribution in [0.15, 0.2) is 35.1 Å². The Morgan fingerprint density at radius 2 is 1.67 bits per heavy atom. The van der Waals surface area contributed by atoms with E-state index in [1.165, 1.54) is 5.57 Å². The summed E-state index contributed by atoms with van der Waals surface area (Å²) in [5, 5.41) is 45.6. The van der Waals surface area contributed by atoms with Gasteiger partial charge < -0.3 is 24.8 Å². The SMILES string of the molecule is CCC(=O)C1CCC(C(O)OC2=CCC(OC(O)C3CCC(C(O)CC)CC3)C3NC(C4=CC=C(C#N)CC4)SC23)CC1. The number of hydrogen-bond donors (Lipinski definition) is 4. The van der Waals surface area contributed by atoms with Crippen molar-refractivity contribution in [2.24, 2.45) is 23.7 Å². The van der Waals surface area contributed by atoms with E-state index in [-0.39, 0.29) is 46.6 Å². The number of nitriles is 1. The third kappa shape index (κ3) is 7.77. The molecule has 0 amide bonds. The van der Waals surface area contributed by atoms with Crippen molar-refractivity contribution >= 4 is 17.5 Å². The number of aliphatic hydroxyl groups excluding tert-OH is 3. The summed E-state index contributed by atoms with van der Waals surface area (Å²) in [5.41, 5.74) is 2.02. The molecule has 0 aromatic rings. The Morgan fingerprint density at radius 1 is 1.00 bits per heavy atom. The number of thioether (sulfide) groups is 1. The number of carbonyl (C=O) groups is 1. The van der Waals surface area contributed by atoms with Crippen LogP contribution in [0.3, 0.4) is 0 Å². The quantitative estimate of drug-likeness (QED) is 0.231. The van der Waals surface area contributed by atoms with Crippen LogP contribution in [0.4, 0.5) is 0 Å². The molecule has 0 spiro atoms. The lowest BCUT2D eigenvalue weighted by atomic mass is 9.78. The van der Waals surface area contributed by atoms with E-state index in [2.05, 4.69) is 11.4 Å². The van der Waals surface area contributed by atoms with Crippen molar-refractivity contribution in [2.75, 3.05) is 0 Å². The van der Waals surface area contributed by atoms with E-state index in [0.29, 0.717) is 24.5 Å². The molecule has 7 unspecified atom stereocenters. The molecule has 3 fully saturated rings. The lowest BCUT2D eigenvalue weighted by molar-refractivity contribution is -0.182. The molecular formula is C34H50N2O6S. The van der Waals surface area contributed by atoms with Crippen molar-refractivity contribution in [3.63, 3.8) is 0 Å². The average Bonchev–Trinajstić information content (AvgIpc) is 3.51. The Kier molecular flexibility index (Phi) is 11.5. The second-order valence-corrected chi connectivity index (χ2v) is 14.4. The number of aliphatic hydroxyl groups is 3. The van der Waals surface area contributed by atoms with Crippen molar-refractivity contribution in [2.45, 2.75) is 139 Å². The smallest absolute Gasteiger partial charge is 0.199 e. The highest BCUT2D eigenvalue weighted by Crippen LogP contribution is 2.45. The Bertz CT molecular complexity index is 1100. The van der Waals surface area contributed by atoms with E-state index in [9.17, 15) is 25.4 Å². The molecule has 238 valence electrons. The highest BCUT2D eigenvalue weighted by Gasteiger charge is 2.47. The largest absolute Gasteiger partial charge is 0.468 e. The van der Waals surface area contributed by atoms with E-state index in [0.717, 1.165) is 82.0 Å². The maximum absolute atomic E-state index is 12.2. The number of fused-ring (bicyclic) bond motifs is 1. The van der Waals surface area contributed by atoms with Crippen LogP contribution in [0, 0.1) is 35.0 Å². The number of nitrogens with zero attached hydrogens (tertiary/aromatic N) is 1. The minimum atomic E-state index is -0.920. The maximum atomic E-state index is 12.2. The Hall–Kier alpha value is -1.67. The standard InChI is InChI=1S/C34H50N2O6S/c1-3-26(37)21-9-13-24(14-10-21)33(39)41-28-17-18-29(42-34(40)25-15-11-22(12-16-25)27(38)4-2)31-30(28)36-32(43-31)23-7-5-20(19-35)6-8-23/h5,7,18,21-22,24-26,28,30-34,36-37,39-40H,3-4,6,8-17H2,1-2H3. The van der Waals surface area contributed by atoms with Gasteiger partial charge in [0.1, 0.15) is 11.5 Å². The summed E-state index contributed by atoms with van der Waals surface area (Å²) in [6.07, 6.45) is 13.8. The second-order valence-electron chi connectivity index (χ2n) is 13.2. The fourth-order valence-electron chi connectivity index (χ4n) is 7.68. The lowest BCUT2D eigenvalue weighted by Crippen LogP contribution is -2.50. The summed E-state index contributed by atoms with van der Waals surface area (Å²) in [7, 11) is 0. The number of hydrogen-bond acceptors (Lipinski definition) is 9. The zero-order valence-corrected chi connectivity index (χ0v) is 26.5. The minimum Gasteiger partial charge on any atom is -0.468 e. The molecular weight excluding hydrogens is 564 g/mol. The van der Waals surface area contributed by atoms with Crippen LogP contribution in [0.2, 0.25) is 0 Å². The maximum Gasteiger partial charge on any atom is 0.199 e. The number of allylic oxidation sites excluding steroid dienone is 3. The average molecular weight is 615 g/mol. The summed E-state index contributed by atoms with van der Waals surface area (Å²) in [5.74, 6) is 1.55. The van der Waals surface area contributed by atoms with E-state index in [4.69, 9.17) is 9.47 Å². The van der Waals surface area contributed by atoms with Crippen molar-refractivity contribution in [1.29, 1.82) is 5.26 Å². The van der Waals surface area contributed by atoms with Gasteiger partial charge in [0.25, 0.3) is 0 Å². The number of ketones is 1. The predicted molar refractivity (Wildman–Crippen MR) is 166 cm³/mol. The monoisotopic (exact) mass is 614 g/mol. The third-order valence-corrected chi connectivity index (χ3v) is 12.1. The first-order valence-corrected chi connectivity index (χ1v) is 17.6. The highest BCUT2D eigenvalue weighted by molar-refractivity contribution is 8.01. The van der Waals surface area contributed by atoms with Gasteiger partial charge in [-0.25, -0.2) is 0 Å². The molecule has 9 heteroatoms. The van der Waals surface area contributed by atoms with Crippen LogP contribution < -0.4 is 5.32 Å². The first-order valence-electron chi connectivity index (χ1n) is 16.6. The zero-order chi connectivity index (χ0) is 30.5. The minimum absolute atomic E-state index is 0.00292. The predicted octanol–water partition coefficient (Wildman–Crippen LogP) is 5.25. The molecule has 0 aromatic heterocycles. The van der Waals surface area contributed by atoms with Gasteiger partial charge >= 0.3 is 0 Å². The number of Topliss-reactive ketones (excluding diaryl/α,β-unsaturated/α-hetero) is 1. The molecule has 1 heterocycles. The summed E-state index contributed by atoms with van der Waals surface area (Å²) in [6.45, 7) is 3.93. The first kappa shape index (κ1) is 32.7. The molecule has 4 aliphatic carbocycles. The van der Waals surface area contributed by atoms with Crippen LogP contribution in [-0.4, -0.2) is 62.6 Å². The van der Waals surface area contributed by atoms with Gasteiger partial charge in [-0.15, -0.1) is 11.8 Å². The first-order chi connectivity index (χ1) is 20.8. The van der Waals surface area contributed by atoms with E-state index in [1.54, 1.807) is 11.8 Å². The summed E-state index contributed by atoms with van der Waals surface area (Å²) in [6, 6.07) is 2.16. The fraction of sp³-hybridized carbons (Fsp3) is 0.765. The molecule has 2 saturated carbocycles. The summed E-state index contributed by atoms with van der Waals surface area (Å²) in [4.78, 5) is 12.2. The molecule has 4 N–H and O–H groups in total. The normalized spacial score (nSPS) is 36.7. The topological polar surface area (TPSA) is 132 Å². The molecule has 43 heavy (non-hydrogen) atoms. The molecule has 1 aliphatic heterocycles. The van der Waals surface area contributed by atoms with Crippen LogP contribution in [0.1, 0.15) is 97.3 Å². The van der Waals surface area contributed by atoms with Crippen molar-refractivity contribution in [3.8, 4) is 6.07 Å². The third-order valence-electron chi connectivity index (χ3n) is 10.6. The van der Waals surface area contributed by atoms with Gasteiger partial charge in [0.15, 0.2) is 12.6 Å². The van der Waals surface area contributed by atoms with Crippen LogP contribution in [-0.2, 0) is 14.3 Å². The van der Waals surface area contributed by atoms with Crippen molar-refractivity contribution in [3.05, 3.63) is 35.1 Å². The molecule has 5 aliphatic rings. The number of nitrogens with one attached hydrogen (secondary N) is 1. The molecule has 0 aromatic carbocycles. The van der Waals surface area contributed by atoms with Gasteiger partial charge in [-0.2, -0.15) is 5.26 Å². The molecule has 7 atom stereocenters. The van der Waals surface area contributed by atoms with E-state index >= 15 is 0 Å². The van der Waals surface area contributed by atoms with Gasteiger partial charge in [0.05, 0.1) is 34.9 Å². The Labute approximate surface area is 261 Å². The lowest BCUT2D eigenvalue weighted by Gasteiger charge is -2.39. The Morgan fingerprint density at radius 3 is 2.30 bits per heavy atom.